The Morgan fingerprint density at radius 3 is 2.36 bits per heavy atom. The Bertz CT molecular complexity index is 218. The first kappa shape index (κ1) is 8.72. The molecule has 1 atom stereocenters. The summed E-state index contributed by atoms with van der Waals surface area (Å²) in [5, 5.41) is 0.371. The van der Waals surface area contributed by atoms with Gasteiger partial charge in [0.05, 0.1) is 0 Å². The van der Waals surface area contributed by atoms with E-state index in [9.17, 15) is 4.39 Å². The molecule has 0 amide bonds. The maximum atomic E-state index is 12.9. The zero-order chi connectivity index (χ0) is 8.27. The summed E-state index contributed by atoms with van der Waals surface area (Å²) < 4.78 is 12.9. The van der Waals surface area contributed by atoms with Crippen LogP contribution in [0.15, 0.2) is 24.3 Å². The first-order valence-corrected chi connectivity index (χ1v) is 4.63. The number of benzene rings is 1. The van der Waals surface area contributed by atoms with Gasteiger partial charge in [0.1, 0.15) is 6.17 Å². The van der Waals surface area contributed by atoms with Gasteiger partial charge in [0.2, 0.25) is 0 Å². The Hall–Kier alpha value is -0.370. The van der Waals surface area contributed by atoms with Crippen LogP contribution in [0.4, 0.5) is 4.39 Å². The molecule has 11 heavy (non-hydrogen) atoms. The Balaban J connectivity index is 2.81. The molecule has 0 radical (unpaired) electrons. The van der Waals surface area contributed by atoms with Crippen LogP contribution in [-0.4, -0.2) is 5.33 Å². The fraction of sp³-hybridized carbons (Fsp3) is 0.333. The van der Waals surface area contributed by atoms with Crippen LogP contribution in [0.25, 0.3) is 0 Å². The molecule has 0 saturated heterocycles. The Morgan fingerprint density at radius 1 is 1.36 bits per heavy atom. The van der Waals surface area contributed by atoms with Crippen LogP contribution >= 0.6 is 15.9 Å². The molecule has 2 heteroatoms. The van der Waals surface area contributed by atoms with Crippen LogP contribution in [0.1, 0.15) is 17.3 Å². The van der Waals surface area contributed by atoms with Crippen molar-refractivity contribution >= 4 is 15.9 Å². The molecule has 0 aliphatic heterocycles. The van der Waals surface area contributed by atoms with Gasteiger partial charge in [-0.15, -0.1) is 0 Å². The summed E-state index contributed by atoms with van der Waals surface area (Å²) >= 11 is 3.09. The first-order chi connectivity index (χ1) is 5.24. The molecule has 0 aliphatic rings. The predicted molar refractivity (Wildman–Crippen MR) is 48.8 cm³/mol. The normalized spacial score (nSPS) is 13.0. The average Bonchev–Trinajstić information content (AvgIpc) is 2.05. The van der Waals surface area contributed by atoms with E-state index in [2.05, 4.69) is 15.9 Å². The molecular weight excluding hydrogens is 207 g/mol. The van der Waals surface area contributed by atoms with E-state index in [0.717, 1.165) is 11.1 Å². The first-order valence-electron chi connectivity index (χ1n) is 3.50. The molecule has 0 saturated carbocycles. The molecule has 60 valence electrons. The van der Waals surface area contributed by atoms with Gasteiger partial charge in [-0.2, -0.15) is 0 Å². The van der Waals surface area contributed by atoms with Crippen molar-refractivity contribution in [2.24, 2.45) is 0 Å². The second-order valence-electron chi connectivity index (χ2n) is 2.53. The van der Waals surface area contributed by atoms with Crippen LogP contribution in [-0.2, 0) is 0 Å². The number of hydrogen-bond donors (Lipinski definition) is 0. The van der Waals surface area contributed by atoms with Crippen molar-refractivity contribution in [3.05, 3.63) is 35.4 Å². The number of rotatable bonds is 2. The highest BCUT2D eigenvalue weighted by atomic mass is 79.9. The summed E-state index contributed by atoms with van der Waals surface area (Å²) in [5.41, 5.74) is 1.91. The topological polar surface area (TPSA) is 0 Å². The van der Waals surface area contributed by atoms with Crippen molar-refractivity contribution < 1.29 is 4.39 Å². The zero-order valence-corrected chi connectivity index (χ0v) is 7.94. The monoisotopic (exact) mass is 216 g/mol. The summed E-state index contributed by atoms with van der Waals surface area (Å²) in [6.45, 7) is 1.99. The highest BCUT2D eigenvalue weighted by Gasteiger charge is 2.05. The molecule has 0 spiro atoms. The Labute approximate surface area is 74.6 Å². The van der Waals surface area contributed by atoms with Crippen molar-refractivity contribution in [3.8, 4) is 0 Å². The fourth-order valence-corrected chi connectivity index (χ4v) is 1.24. The molecule has 0 aromatic heterocycles. The lowest BCUT2D eigenvalue weighted by atomic mass is 10.1. The van der Waals surface area contributed by atoms with E-state index >= 15 is 0 Å². The van der Waals surface area contributed by atoms with Crippen molar-refractivity contribution in [2.45, 2.75) is 13.1 Å². The van der Waals surface area contributed by atoms with Crippen molar-refractivity contribution in [2.75, 3.05) is 5.33 Å². The van der Waals surface area contributed by atoms with Crippen molar-refractivity contribution in [1.29, 1.82) is 0 Å². The Morgan fingerprint density at radius 2 is 1.91 bits per heavy atom. The molecule has 0 N–H and O–H groups in total. The van der Waals surface area contributed by atoms with E-state index in [0.29, 0.717) is 5.33 Å². The summed E-state index contributed by atoms with van der Waals surface area (Å²) in [7, 11) is 0. The summed E-state index contributed by atoms with van der Waals surface area (Å²) in [5.74, 6) is 0. The van der Waals surface area contributed by atoms with Gasteiger partial charge in [-0.1, -0.05) is 45.8 Å². The molecule has 0 heterocycles. The van der Waals surface area contributed by atoms with Gasteiger partial charge in [-0.3, -0.25) is 0 Å². The largest absolute Gasteiger partial charge is 0.241 e. The maximum absolute atomic E-state index is 12.9. The lowest BCUT2D eigenvalue weighted by Gasteiger charge is -2.03. The van der Waals surface area contributed by atoms with E-state index in [-0.39, 0.29) is 0 Å². The van der Waals surface area contributed by atoms with Crippen molar-refractivity contribution in [1.82, 2.24) is 0 Å². The van der Waals surface area contributed by atoms with Gasteiger partial charge in [-0.25, -0.2) is 4.39 Å². The van der Waals surface area contributed by atoms with E-state index in [4.69, 9.17) is 0 Å². The van der Waals surface area contributed by atoms with Crippen LogP contribution < -0.4 is 0 Å². The third kappa shape index (κ3) is 2.29. The molecule has 0 nitrogen and oxygen atoms in total. The minimum Gasteiger partial charge on any atom is -0.241 e. The van der Waals surface area contributed by atoms with Gasteiger partial charge in [0.25, 0.3) is 0 Å². The second kappa shape index (κ2) is 3.86. The SMILES string of the molecule is Cc1ccc([C@H](F)CBr)cc1. The molecule has 0 aliphatic carbocycles. The minimum atomic E-state index is -0.879. The lowest BCUT2D eigenvalue weighted by molar-refractivity contribution is 0.382. The minimum absolute atomic E-state index is 0.371. The lowest BCUT2D eigenvalue weighted by Crippen LogP contribution is -1.91. The van der Waals surface area contributed by atoms with E-state index in [1.54, 1.807) is 0 Å². The fourth-order valence-electron chi connectivity index (χ4n) is 0.864. The molecule has 1 rings (SSSR count). The maximum Gasteiger partial charge on any atom is 0.135 e. The molecule has 0 bridgehead atoms. The van der Waals surface area contributed by atoms with Gasteiger partial charge in [0.15, 0.2) is 0 Å². The third-order valence-electron chi connectivity index (χ3n) is 1.57. The predicted octanol–water partition coefficient (Wildman–Crippen LogP) is 3.40. The molecule has 1 aromatic carbocycles. The summed E-state index contributed by atoms with van der Waals surface area (Å²) in [4.78, 5) is 0. The molecule has 1 aromatic rings. The highest BCUT2D eigenvalue weighted by molar-refractivity contribution is 9.09. The van der Waals surface area contributed by atoms with Crippen LogP contribution in [0, 0.1) is 6.92 Å². The average molecular weight is 217 g/mol. The highest BCUT2D eigenvalue weighted by Crippen LogP contribution is 2.19. The van der Waals surface area contributed by atoms with Crippen LogP contribution in [0.5, 0.6) is 0 Å². The molecule has 0 unspecified atom stereocenters. The van der Waals surface area contributed by atoms with Gasteiger partial charge >= 0.3 is 0 Å². The van der Waals surface area contributed by atoms with Crippen LogP contribution in [0.2, 0.25) is 0 Å². The quantitative estimate of drug-likeness (QED) is 0.666. The Kier molecular flexibility index (Phi) is 3.06. The number of alkyl halides is 2. The van der Waals surface area contributed by atoms with E-state index in [1.165, 1.54) is 0 Å². The van der Waals surface area contributed by atoms with E-state index < -0.39 is 6.17 Å². The number of hydrogen-bond acceptors (Lipinski definition) is 0. The van der Waals surface area contributed by atoms with Gasteiger partial charge in [0, 0.05) is 5.33 Å². The van der Waals surface area contributed by atoms with E-state index in [1.807, 2.05) is 31.2 Å². The van der Waals surface area contributed by atoms with Gasteiger partial charge in [-0.05, 0) is 12.5 Å². The second-order valence-corrected chi connectivity index (χ2v) is 3.18. The number of aryl methyl sites for hydroxylation is 1. The zero-order valence-electron chi connectivity index (χ0n) is 6.35. The summed E-state index contributed by atoms with van der Waals surface area (Å²) in [6, 6.07) is 7.48. The van der Waals surface area contributed by atoms with Gasteiger partial charge < -0.3 is 0 Å². The molecule has 0 fully saturated rings. The third-order valence-corrected chi connectivity index (χ3v) is 2.14. The number of halogens is 2. The van der Waals surface area contributed by atoms with Crippen LogP contribution in [0.3, 0.4) is 0 Å². The summed E-state index contributed by atoms with van der Waals surface area (Å²) in [6.07, 6.45) is -0.879. The smallest absolute Gasteiger partial charge is 0.135 e. The standard InChI is InChI=1S/C9H10BrF/c1-7-2-4-8(5-3-7)9(11)6-10/h2-5,9H,6H2,1H3/t9-/m1/s1. The molecular formula is C9H10BrF. The van der Waals surface area contributed by atoms with Crippen molar-refractivity contribution in [3.63, 3.8) is 0 Å².